The van der Waals surface area contributed by atoms with E-state index in [1.54, 1.807) is 0 Å². The van der Waals surface area contributed by atoms with Gasteiger partial charge >= 0.3 is 0 Å². The minimum absolute atomic E-state index is 0.583. The van der Waals surface area contributed by atoms with E-state index in [1.807, 2.05) is 26.0 Å². The Kier molecular flexibility index (Phi) is 3.83. The summed E-state index contributed by atoms with van der Waals surface area (Å²) in [5, 5.41) is 0. The van der Waals surface area contributed by atoms with Crippen LogP contribution in [0, 0.1) is 0 Å². The smallest absolute Gasteiger partial charge is 0.0781 e. The summed E-state index contributed by atoms with van der Waals surface area (Å²) in [4.78, 5) is 2.00. The van der Waals surface area contributed by atoms with Crippen molar-refractivity contribution < 1.29 is 4.74 Å². The predicted molar refractivity (Wildman–Crippen MR) is 35.0 cm³/mol. The summed E-state index contributed by atoms with van der Waals surface area (Å²) in [6, 6.07) is 0. The SMILES string of the molecule is CC1CO1.CN(C)C. The van der Waals surface area contributed by atoms with E-state index >= 15 is 0 Å². The van der Waals surface area contributed by atoms with E-state index in [0.29, 0.717) is 6.10 Å². The van der Waals surface area contributed by atoms with Gasteiger partial charge in [0.25, 0.3) is 0 Å². The molecule has 0 radical (unpaired) electrons. The standard InChI is InChI=1S/C3H9N.C3H6O/c1-4(2)3;1-3-2-4-3/h1-3H3;3H,2H2,1H3. The van der Waals surface area contributed by atoms with Gasteiger partial charge in [-0.15, -0.1) is 0 Å². The first-order chi connectivity index (χ1) is 3.63. The normalized spacial score (nSPS) is 24.4. The molecule has 1 saturated heterocycles. The van der Waals surface area contributed by atoms with Crippen LogP contribution in [0.1, 0.15) is 6.92 Å². The molecule has 0 bridgehead atoms. The first-order valence-electron chi connectivity index (χ1n) is 2.85. The second-order valence-electron chi connectivity index (χ2n) is 2.49. The van der Waals surface area contributed by atoms with Gasteiger partial charge in [0.1, 0.15) is 0 Å². The summed E-state index contributed by atoms with van der Waals surface area (Å²) in [7, 11) is 6.00. The third-order valence-electron chi connectivity index (χ3n) is 0.500. The lowest BCUT2D eigenvalue weighted by Gasteiger charge is -1.90. The highest BCUT2D eigenvalue weighted by atomic mass is 16.6. The molecule has 1 fully saturated rings. The van der Waals surface area contributed by atoms with Crippen LogP contribution in [0.5, 0.6) is 0 Å². The van der Waals surface area contributed by atoms with E-state index in [-0.39, 0.29) is 0 Å². The third kappa shape index (κ3) is 16.8. The Morgan fingerprint density at radius 3 is 1.50 bits per heavy atom. The van der Waals surface area contributed by atoms with Crippen molar-refractivity contribution in [2.45, 2.75) is 13.0 Å². The minimum Gasteiger partial charge on any atom is -0.373 e. The van der Waals surface area contributed by atoms with Crippen molar-refractivity contribution >= 4 is 0 Å². The van der Waals surface area contributed by atoms with Gasteiger partial charge in [0.05, 0.1) is 12.7 Å². The number of hydrogen-bond donors (Lipinski definition) is 0. The topological polar surface area (TPSA) is 15.8 Å². The van der Waals surface area contributed by atoms with Gasteiger partial charge in [-0.1, -0.05) is 0 Å². The molecule has 8 heavy (non-hydrogen) atoms. The van der Waals surface area contributed by atoms with Crippen molar-refractivity contribution in [3.05, 3.63) is 0 Å². The van der Waals surface area contributed by atoms with Crippen LogP contribution in [-0.2, 0) is 4.74 Å². The molecular formula is C6H15NO. The Morgan fingerprint density at radius 2 is 1.50 bits per heavy atom. The number of epoxide rings is 1. The first kappa shape index (κ1) is 7.92. The van der Waals surface area contributed by atoms with Gasteiger partial charge in [0.2, 0.25) is 0 Å². The molecule has 2 nitrogen and oxygen atoms in total. The molecule has 0 aromatic heterocycles. The average Bonchev–Trinajstić information content (AvgIpc) is 2.19. The lowest BCUT2D eigenvalue weighted by molar-refractivity contribution is 0.423. The first-order valence-corrected chi connectivity index (χ1v) is 2.85. The number of hydrogen-bond acceptors (Lipinski definition) is 2. The maximum absolute atomic E-state index is 4.71. The zero-order valence-corrected chi connectivity index (χ0v) is 6.14. The van der Waals surface area contributed by atoms with Gasteiger partial charge in [-0.2, -0.15) is 0 Å². The third-order valence-corrected chi connectivity index (χ3v) is 0.500. The van der Waals surface area contributed by atoms with Crippen LogP contribution in [0.25, 0.3) is 0 Å². The molecule has 50 valence electrons. The van der Waals surface area contributed by atoms with Crippen molar-refractivity contribution in [1.29, 1.82) is 0 Å². The van der Waals surface area contributed by atoms with Gasteiger partial charge in [0.15, 0.2) is 0 Å². The summed E-state index contributed by atoms with van der Waals surface area (Å²) >= 11 is 0. The quantitative estimate of drug-likeness (QED) is 0.431. The van der Waals surface area contributed by atoms with Crippen molar-refractivity contribution in [3.8, 4) is 0 Å². The second kappa shape index (κ2) is 3.87. The Hall–Kier alpha value is -0.0800. The highest BCUT2D eigenvalue weighted by Crippen LogP contribution is 2.04. The van der Waals surface area contributed by atoms with Gasteiger partial charge in [-0.3, -0.25) is 0 Å². The highest BCUT2D eigenvalue weighted by Gasteiger charge is 2.13. The molecule has 0 aromatic rings. The molecule has 1 heterocycles. The van der Waals surface area contributed by atoms with E-state index in [9.17, 15) is 0 Å². The summed E-state index contributed by atoms with van der Waals surface area (Å²) < 4.78 is 4.71. The lowest BCUT2D eigenvalue weighted by atomic mass is 10.6. The molecular weight excluding hydrogens is 102 g/mol. The van der Waals surface area contributed by atoms with Crippen LogP contribution < -0.4 is 0 Å². The molecule has 0 amide bonds. The zero-order valence-electron chi connectivity index (χ0n) is 6.14. The molecule has 0 N–H and O–H groups in total. The number of nitrogens with zero attached hydrogens (tertiary/aromatic N) is 1. The molecule has 1 rings (SSSR count). The molecule has 1 aliphatic heterocycles. The van der Waals surface area contributed by atoms with E-state index in [0.717, 1.165) is 6.61 Å². The summed E-state index contributed by atoms with van der Waals surface area (Å²) in [5.41, 5.74) is 0. The van der Waals surface area contributed by atoms with E-state index in [4.69, 9.17) is 4.74 Å². The van der Waals surface area contributed by atoms with Gasteiger partial charge in [-0.05, 0) is 28.1 Å². The molecule has 1 unspecified atom stereocenters. The molecule has 1 atom stereocenters. The predicted octanol–water partition coefficient (Wildman–Crippen LogP) is 0.583. The van der Waals surface area contributed by atoms with Crippen molar-refractivity contribution in [3.63, 3.8) is 0 Å². The molecule has 0 aliphatic carbocycles. The Labute approximate surface area is 51.4 Å². The minimum atomic E-state index is 0.583. The van der Waals surface area contributed by atoms with Crippen LogP contribution in [0.15, 0.2) is 0 Å². The average molecular weight is 117 g/mol. The monoisotopic (exact) mass is 117 g/mol. The molecule has 0 aromatic carbocycles. The summed E-state index contributed by atoms with van der Waals surface area (Å²) in [6.45, 7) is 3.04. The fourth-order valence-corrected chi connectivity index (χ4v) is 0.0962. The van der Waals surface area contributed by atoms with Gasteiger partial charge < -0.3 is 9.64 Å². The van der Waals surface area contributed by atoms with Crippen LogP contribution in [0.4, 0.5) is 0 Å². The Morgan fingerprint density at radius 1 is 1.38 bits per heavy atom. The van der Waals surface area contributed by atoms with Crippen molar-refractivity contribution in [1.82, 2.24) is 4.90 Å². The van der Waals surface area contributed by atoms with E-state index in [2.05, 4.69) is 6.92 Å². The summed E-state index contributed by atoms with van der Waals surface area (Å²) in [6.07, 6.45) is 0.583. The highest BCUT2D eigenvalue weighted by molar-refractivity contribution is 4.58. The lowest BCUT2D eigenvalue weighted by Crippen LogP contribution is -1.99. The molecule has 2 heteroatoms. The fraction of sp³-hybridized carbons (Fsp3) is 1.00. The van der Waals surface area contributed by atoms with Crippen LogP contribution >= 0.6 is 0 Å². The van der Waals surface area contributed by atoms with Crippen LogP contribution in [0.3, 0.4) is 0 Å². The van der Waals surface area contributed by atoms with Crippen molar-refractivity contribution in [2.75, 3.05) is 27.7 Å². The molecule has 0 saturated carbocycles. The van der Waals surface area contributed by atoms with Gasteiger partial charge in [-0.25, -0.2) is 0 Å². The van der Waals surface area contributed by atoms with E-state index in [1.165, 1.54) is 0 Å². The fourth-order valence-electron chi connectivity index (χ4n) is 0.0962. The maximum Gasteiger partial charge on any atom is 0.0781 e. The van der Waals surface area contributed by atoms with Crippen molar-refractivity contribution in [2.24, 2.45) is 0 Å². The van der Waals surface area contributed by atoms with Crippen LogP contribution in [0.2, 0.25) is 0 Å². The maximum atomic E-state index is 4.71. The molecule has 1 aliphatic rings. The Bertz CT molecular complexity index is 47.7. The largest absolute Gasteiger partial charge is 0.373 e. The number of ether oxygens (including phenoxy) is 1. The second-order valence-corrected chi connectivity index (χ2v) is 2.49. The zero-order chi connectivity index (χ0) is 6.57. The molecule has 0 spiro atoms. The Balaban J connectivity index is 0.000000122. The summed E-state index contributed by atoms with van der Waals surface area (Å²) in [5.74, 6) is 0. The van der Waals surface area contributed by atoms with E-state index < -0.39 is 0 Å². The van der Waals surface area contributed by atoms with Crippen LogP contribution in [-0.4, -0.2) is 38.8 Å². The number of rotatable bonds is 0. The van der Waals surface area contributed by atoms with Gasteiger partial charge in [0, 0.05) is 0 Å².